The smallest absolute Gasteiger partial charge is 0.235 e. The minimum absolute atomic E-state index is 0.00174. The number of hydrogen-bond donors (Lipinski definition) is 1. The van der Waals surface area contributed by atoms with Gasteiger partial charge in [0.05, 0.1) is 18.5 Å². The summed E-state index contributed by atoms with van der Waals surface area (Å²) in [7, 11) is 0. The van der Waals surface area contributed by atoms with Crippen molar-refractivity contribution < 1.29 is 9.59 Å². The number of amides is 2. The van der Waals surface area contributed by atoms with Gasteiger partial charge in [0.1, 0.15) is 0 Å². The van der Waals surface area contributed by atoms with Crippen molar-refractivity contribution in [1.82, 2.24) is 4.90 Å². The van der Waals surface area contributed by atoms with E-state index >= 15 is 0 Å². The zero-order chi connectivity index (χ0) is 16.6. The third kappa shape index (κ3) is 1.86. The molecular formula is C19H19ClN2O2. The van der Waals surface area contributed by atoms with Gasteiger partial charge < -0.3 is 5.32 Å². The van der Waals surface area contributed by atoms with Crippen LogP contribution in [0.15, 0.2) is 30.4 Å². The number of carbonyl (C=O) groups is 2. The summed E-state index contributed by atoms with van der Waals surface area (Å²) in [4.78, 5) is 27.2. The molecule has 0 radical (unpaired) electrons. The van der Waals surface area contributed by atoms with Crippen molar-refractivity contribution in [3.63, 3.8) is 0 Å². The summed E-state index contributed by atoms with van der Waals surface area (Å²) < 4.78 is 0. The molecule has 2 bridgehead atoms. The highest BCUT2D eigenvalue weighted by molar-refractivity contribution is 6.30. The fourth-order valence-electron chi connectivity index (χ4n) is 5.12. The lowest BCUT2D eigenvalue weighted by Gasteiger charge is -2.37. The van der Waals surface area contributed by atoms with E-state index in [1.165, 1.54) is 11.3 Å². The van der Waals surface area contributed by atoms with Crippen molar-refractivity contribution in [1.29, 1.82) is 0 Å². The van der Waals surface area contributed by atoms with E-state index in [0.29, 0.717) is 16.9 Å². The second-order valence-corrected chi connectivity index (χ2v) is 7.99. The molecule has 1 aromatic rings. The van der Waals surface area contributed by atoms with E-state index in [2.05, 4.69) is 17.5 Å². The molecule has 0 spiro atoms. The Labute approximate surface area is 145 Å². The van der Waals surface area contributed by atoms with Gasteiger partial charge in [0.2, 0.25) is 11.8 Å². The van der Waals surface area contributed by atoms with Gasteiger partial charge in [-0.1, -0.05) is 29.8 Å². The Morgan fingerprint density at radius 2 is 1.75 bits per heavy atom. The lowest BCUT2D eigenvalue weighted by atomic mass is 9.63. The van der Waals surface area contributed by atoms with Gasteiger partial charge >= 0.3 is 0 Å². The number of nitrogens with one attached hydrogen (secondary N) is 1. The Bertz CT molecular complexity index is 754. The first-order valence-corrected chi connectivity index (χ1v) is 8.97. The molecule has 1 heterocycles. The monoisotopic (exact) mass is 342 g/mol. The first-order chi connectivity index (χ1) is 11.6. The maximum atomic E-state index is 12.9. The molecule has 4 nitrogen and oxygen atoms in total. The van der Waals surface area contributed by atoms with Crippen LogP contribution in [0.2, 0.25) is 5.02 Å². The minimum atomic E-state index is -0.126. The molecule has 1 aromatic carbocycles. The number of aryl methyl sites for hydroxylation is 1. The summed E-state index contributed by atoms with van der Waals surface area (Å²) in [5.74, 6) is 1.58. The highest BCUT2D eigenvalue weighted by Crippen LogP contribution is 2.65. The molecule has 6 atom stereocenters. The van der Waals surface area contributed by atoms with Gasteiger partial charge in [0.25, 0.3) is 0 Å². The van der Waals surface area contributed by atoms with E-state index in [1.54, 1.807) is 0 Å². The summed E-state index contributed by atoms with van der Waals surface area (Å²) in [6.45, 7) is 2.20. The number of halogens is 1. The zero-order valence-electron chi connectivity index (χ0n) is 13.4. The van der Waals surface area contributed by atoms with Gasteiger partial charge in [-0.05, 0) is 54.7 Å². The topological polar surface area (TPSA) is 49.4 Å². The second-order valence-electron chi connectivity index (χ2n) is 7.55. The molecular weight excluding hydrogens is 324 g/mol. The van der Waals surface area contributed by atoms with E-state index in [0.717, 1.165) is 11.3 Å². The fourth-order valence-corrected chi connectivity index (χ4v) is 5.30. The molecule has 1 N–H and O–H groups in total. The SMILES string of the molecule is Cc1ccc(Cl)cc1NCN1C(=O)[C@@H]2[C@@H]3C=C[C@H]([C@@H]4C[C@@H]34)[C@@H]2C1=O. The molecule has 0 aromatic heterocycles. The molecule has 24 heavy (non-hydrogen) atoms. The Balaban J connectivity index is 1.38. The second kappa shape index (κ2) is 4.85. The molecule has 3 fully saturated rings. The van der Waals surface area contributed by atoms with Crippen LogP contribution < -0.4 is 5.32 Å². The van der Waals surface area contributed by atoms with E-state index in [4.69, 9.17) is 11.6 Å². The molecule has 1 aliphatic heterocycles. The average Bonchev–Trinajstić information content (AvgIpc) is 3.35. The van der Waals surface area contributed by atoms with Crippen LogP contribution in [0.25, 0.3) is 0 Å². The molecule has 124 valence electrons. The quantitative estimate of drug-likeness (QED) is 0.678. The number of hydrogen-bond acceptors (Lipinski definition) is 3. The van der Waals surface area contributed by atoms with Crippen LogP contribution in [0.3, 0.4) is 0 Å². The predicted molar refractivity (Wildman–Crippen MR) is 91.2 cm³/mol. The summed E-state index contributed by atoms with van der Waals surface area (Å²) >= 11 is 6.04. The van der Waals surface area contributed by atoms with Crippen molar-refractivity contribution in [3.8, 4) is 0 Å². The van der Waals surface area contributed by atoms with E-state index < -0.39 is 0 Å². The number of rotatable bonds is 3. The summed E-state index contributed by atoms with van der Waals surface area (Å²) in [6, 6.07) is 5.59. The van der Waals surface area contributed by atoms with Gasteiger partial charge in [-0.2, -0.15) is 0 Å². The van der Waals surface area contributed by atoms with Crippen molar-refractivity contribution >= 4 is 29.1 Å². The summed E-state index contributed by atoms with van der Waals surface area (Å²) in [5, 5.41) is 3.86. The maximum absolute atomic E-state index is 12.9. The lowest BCUT2D eigenvalue weighted by Crippen LogP contribution is -2.40. The lowest BCUT2D eigenvalue weighted by molar-refractivity contribution is -0.139. The molecule has 6 rings (SSSR count). The molecule has 0 unspecified atom stereocenters. The first kappa shape index (κ1) is 14.5. The predicted octanol–water partition coefficient (Wildman–Crippen LogP) is 3.07. The Hall–Kier alpha value is -1.81. The number of benzene rings is 1. The number of nitrogens with zero attached hydrogens (tertiary/aromatic N) is 1. The van der Waals surface area contributed by atoms with Crippen molar-refractivity contribution in [2.24, 2.45) is 35.5 Å². The van der Waals surface area contributed by atoms with Crippen molar-refractivity contribution in [3.05, 3.63) is 40.9 Å². The van der Waals surface area contributed by atoms with E-state index in [9.17, 15) is 9.59 Å². The fraction of sp³-hybridized carbons (Fsp3) is 0.474. The zero-order valence-corrected chi connectivity index (χ0v) is 14.2. The molecule has 2 amide bonds. The molecule has 5 heteroatoms. The number of allylic oxidation sites excluding steroid dienone is 2. The maximum Gasteiger partial charge on any atom is 0.235 e. The number of likely N-dealkylation sites (tertiary alicyclic amines) is 1. The molecule has 4 aliphatic carbocycles. The number of anilines is 1. The first-order valence-electron chi connectivity index (χ1n) is 8.60. The Morgan fingerprint density at radius 1 is 1.12 bits per heavy atom. The van der Waals surface area contributed by atoms with Gasteiger partial charge in [0.15, 0.2) is 0 Å². The summed E-state index contributed by atoms with van der Waals surface area (Å²) in [5.41, 5.74) is 1.90. The van der Waals surface area contributed by atoms with Crippen LogP contribution in [-0.4, -0.2) is 23.4 Å². The van der Waals surface area contributed by atoms with E-state index in [-0.39, 0.29) is 42.2 Å². The van der Waals surface area contributed by atoms with Crippen molar-refractivity contribution in [2.75, 3.05) is 12.0 Å². The molecule has 5 aliphatic rings. The molecule has 1 saturated heterocycles. The van der Waals surface area contributed by atoms with Crippen LogP contribution in [0.1, 0.15) is 12.0 Å². The van der Waals surface area contributed by atoms with Crippen LogP contribution in [-0.2, 0) is 9.59 Å². The highest BCUT2D eigenvalue weighted by Gasteiger charge is 2.66. The Morgan fingerprint density at radius 3 is 2.38 bits per heavy atom. The summed E-state index contributed by atoms with van der Waals surface area (Å²) in [6.07, 6.45) is 5.59. The minimum Gasteiger partial charge on any atom is -0.367 e. The number of carbonyl (C=O) groups excluding carboxylic acids is 2. The normalized spacial score (nSPS) is 38.3. The van der Waals surface area contributed by atoms with Crippen molar-refractivity contribution in [2.45, 2.75) is 13.3 Å². The highest BCUT2D eigenvalue weighted by atomic mass is 35.5. The van der Waals surface area contributed by atoms with Crippen LogP contribution >= 0.6 is 11.6 Å². The Kier molecular flexibility index (Phi) is 2.94. The van der Waals surface area contributed by atoms with Crippen LogP contribution in [0.5, 0.6) is 0 Å². The van der Waals surface area contributed by atoms with Crippen LogP contribution in [0, 0.1) is 42.4 Å². The van der Waals surface area contributed by atoms with Gasteiger partial charge in [-0.15, -0.1) is 0 Å². The van der Waals surface area contributed by atoms with Crippen LogP contribution in [0.4, 0.5) is 5.69 Å². The van der Waals surface area contributed by atoms with Gasteiger partial charge in [-0.3, -0.25) is 14.5 Å². The third-order valence-electron chi connectivity index (χ3n) is 6.38. The largest absolute Gasteiger partial charge is 0.367 e. The van der Waals surface area contributed by atoms with E-state index in [1.807, 2.05) is 25.1 Å². The van der Waals surface area contributed by atoms with Gasteiger partial charge in [-0.25, -0.2) is 0 Å². The third-order valence-corrected chi connectivity index (χ3v) is 6.62. The van der Waals surface area contributed by atoms with Gasteiger partial charge in [0, 0.05) is 10.7 Å². The number of imide groups is 1. The molecule has 2 saturated carbocycles. The average molecular weight is 343 g/mol. The standard InChI is InChI=1S/C19H19ClN2O2/c1-9-2-3-10(20)6-15(9)21-8-22-18(23)16-11-4-5-12(14-7-13(11)14)17(16)19(22)24/h2-6,11-14,16-17,21H,7-8H2,1H3/t11-,12-,13+,14+,16-,17+/m1/s1.